The molecule has 0 spiro atoms. The van der Waals surface area contributed by atoms with E-state index in [9.17, 15) is 0 Å². The van der Waals surface area contributed by atoms with Crippen LogP contribution in [0.2, 0.25) is 5.02 Å². The normalized spacial score (nSPS) is 14.4. The van der Waals surface area contributed by atoms with Crippen LogP contribution in [-0.4, -0.2) is 66.4 Å². The number of carbonyl (C=O) groups is 2. The molecule has 3 N–H and O–H groups in total. The Morgan fingerprint density at radius 2 is 1.88 bits per heavy atom. The second-order valence-corrected chi connectivity index (χ2v) is 6.27. The quantitative estimate of drug-likeness (QED) is 0.491. The van der Waals surface area contributed by atoms with E-state index in [4.69, 9.17) is 36.1 Å². The van der Waals surface area contributed by atoms with Gasteiger partial charge in [0.05, 0.1) is 11.1 Å². The fourth-order valence-electron chi connectivity index (χ4n) is 2.00. The Labute approximate surface area is 153 Å². The molecule has 9 heteroatoms. The predicted molar refractivity (Wildman–Crippen MR) is 93.8 cm³/mol. The smallest absolute Gasteiger partial charge is 0.414 e. The number of hydrogen-bond acceptors (Lipinski definition) is 5. The van der Waals surface area contributed by atoms with E-state index in [0.717, 1.165) is 61.0 Å². The number of carboxylic acid groups (broad SMARTS) is 2. The fourth-order valence-corrected chi connectivity index (χ4v) is 2.79. The summed E-state index contributed by atoms with van der Waals surface area (Å²) in [6, 6.07) is 5.60. The second kappa shape index (κ2) is 11.2. The van der Waals surface area contributed by atoms with E-state index in [1.807, 2.05) is 18.2 Å². The molecule has 0 aromatic heterocycles. The van der Waals surface area contributed by atoms with E-state index in [2.05, 4.69) is 26.1 Å². The summed E-state index contributed by atoms with van der Waals surface area (Å²) >= 11 is 9.33. The molecule has 0 unspecified atom stereocenters. The molecule has 0 atom stereocenters. The summed E-state index contributed by atoms with van der Waals surface area (Å²) in [6.07, 6.45) is 1.05. The predicted octanol–water partition coefficient (Wildman–Crippen LogP) is 1.93. The highest BCUT2D eigenvalue weighted by molar-refractivity contribution is 9.10. The van der Waals surface area contributed by atoms with Crippen LogP contribution in [0.3, 0.4) is 0 Å². The number of nitrogens with one attached hydrogen (secondary N) is 1. The summed E-state index contributed by atoms with van der Waals surface area (Å²) in [5.74, 6) is -2.79. The number of nitrogens with zero attached hydrogens (tertiary/aromatic N) is 1. The molecule has 1 heterocycles. The minimum atomic E-state index is -1.82. The molecule has 24 heavy (non-hydrogen) atoms. The van der Waals surface area contributed by atoms with Gasteiger partial charge in [0.15, 0.2) is 0 Å². The Morgan fingerprint density at radius 1 is 1.25 bits per heavy atom. The SMILES string of the molecule is Clc1ccc(OCCCN2CCNCC2)c(Br)c1.O=C(O)C(=O)O. The topological polar surface area (TPSA) is 99.1 Å². The number of halogens is 2. The number of carboxylic acids is 2. The molecule has 7 nitrogen and oxygen atoms in total. The summed E-state index contributed by atoms with van der Waals surface area (Å²) in [4.78, 5) is 20.7. The third-order valence-electron chi connectivity index (χ3n) is 3.16. The van der Waals surface area contributed by atoms with Crippen LogP contribution in [0.5, 0.6) is 5.75 Å². The van der Waals surface area contributed by atoms with E-state index in [1.165, 1.54) is 0 Å². The molecule has 0 saturated carbocycles. The van der Waals surface area contributed by atoms with Crippen molar-refractivity contribution in [1.82, 2.24) is 10.2 Å². The van der Waals surface area contributed by atoms with Crippen LogP contribution in [0, 0.1) is 0 Å². The van der Waals surface area contributed by atoms with E-state index in [1.54, 1.807) is 0 Å². The lowest BCUT2D eigenvalue weighted by molar-refractivity contribution is -0.159. The number of ether oxygens (including phenoxy) is 1. The van der Waals surface area contributed by atoms with Crippen molar-refractivity contribution in [3.05, 3.63) is 27.7 Å². The molecule has 1 aliphatic rings. The molecule has 0 radical (unpaired) electrons. The van der Waals surface area contributed by atoms with Gasteiger partial charge in [0.2, 0.25) is 0 Å². The van der Waals surface area contributed by atoms with Crippen molar-refractivity contribution >= 4 is 39.5 Å². The fraction of sp³-hybridized carbons (Fsp3) is 0.467. The Bertz CT molecular complexity index is 541. The maximum absolute atomic E-state index is 9.10. The van der Waals surface area contributed by atoms with E-state index in [0.29, 0.717) is 0 Å². The van der Waals surface area contributed by atoms with Gasteiger partial charge >= 0.3 is 11.9 Å². The summed E-state index contributed by atoms with van der Waals surface area (Å²) in [5.41, 5.74) is 0. The Kier molecular flexibility index (Phi) is 9.70. The lowest BCUT2D eigenvalue weighted by Crippen LogP contribution is -2.43. The van der Waals surface area contributed by atoms with Crippen LogP contribution in [-0.2, 0) is 9.59 Å². The van der Waals surface area contributed by atoms with E-state index >= 15 is 0 Å². The van der Waals surface area contributed by atoms with Gasteiger partial charge in [-0.2, -0.15) is 0 Å². The van der Waals surface area contributed by atoms with Gasteiger partial charge < -0.3 is 25.2 Å². The van der Waals surface area contributed by atoms with Crippen LogP contribution >= 0.6 is 27.5 Å². The molecule has 0 bridgehead atoms. The zero-order chi connectivity index (χ0) is 17.9. The van der Waals surface area contributed by atoms with Crippen molar-refractivity contribution in [2.75, 3.05) is 39.3 Å². The second-order valence-electron chi connectivity index (χ2n) is 4.98. The number of piperazine rings is 1. The average Bonchev–Trinajstić information content (AvgIpc) is 2.54. The number of benzene rings is 1. The highest BCUT2D eigenvalue weighted by Crippen LogP contribution is 2.27. The lowest BCUT2D eigenvalue weighted by Gasteiger charge is -2.27. The van der Waals surface area contributed by atoms with E-state index in [-0.39, 0.29) is 0 Å². The molecule has 1 aliphatic heterocycles. The minimum absolute atomic E-state index is 0.718. The van der Waals surface area contributed by atoms with Crippen LogP contribution in [0.15, 0.2) is 22.7 Å². The molecular weight excluding hydrogens is 404 g/mol. The Balaban J connectivity index is 0.000000413. The first-order chi connectivity index (χ1) is 11.4. The monoisotopic (exact) mass is 422 g/mol. The van der Waals surface area contributed by atoms with Gasteiger partial charge in [0.25, 0.3) is 0 Å². The summed E-state index contributed by atoms with van der Waals surface area (Å²) in [6.45, 7) is 6.33. The van der Waals surface area contributed by atoms with Crippen molar-refractivity contribution in [2.45, 2.75) is 6.42 Å². The lowest BCUT2D eigenvalue weighted by atomic mass is 10.3. The molecule has 134 valence electrons. The highest BCUT2D eigenvalue weighted by Gasteiger charge is 2.09. The minimum Gasteiger partial charge on any atom is -0.492 e. The molecular formula is C15H20BrClN2O5. The molecule has 1 fully saturated rings. The first-order valence-electron chi connectivity index (χ1n) is 7.37. The molecule has 1 saturated heterocycles. The van der Waals surface area contributed by atoms with Gasteiger partial charge in [-0.05, 0) is 40.5 Å². The summed E-state index contributed by atoms with van der Waals surface area (Å²) in [7, 11) is 0. The molecule has 1 aromatic rings. The number of aliphatic carboxylic acids is 2. The molecule has 2 rings (SSSR count). The van der Waals surface area contributed by atoms with Crippen molar-refractivity contribution in [1.29, 1.82) is 0 Å². The van der Waals surface area contributed by atoms with Gasteiger partial charge in [-0.3, -0.25) is 0 Å². The van der Waals surface area contributed by atoms with Crippen LogP contribution in [0.4, 0.5) is 0 Å². The summed E-state index contributed by atoms with van der Waals surface area (Å²) < 4.78 is 6.65. The van der Waals surface area contributed by atoms with Crippen LogP contribution in [0.25, 0.3) is 0 Å². The van der Waals surface area contributed by atoms with E-state index < -0.39 is 11.9 Å². The van der Waals surface area contributed by atoms with Gasteiger partial charge in [0.1, 0.15) is 5.75 Å². The zero-order valence-corrected chi connectivity index (χ0v) is 15.3. The zero-order valence-electron chi connectivity index (χ0n) is 13.0. The average molecular weight is 424 g/mol. The van der Waals surface area contributed by atoms with Crippen molar-refractivity contribution in [3.8, 4) is 5.75 Å². The van der Waals surface area contributed by atoms with Crippen molar-refractivity contribution in [2.24, 2.45) is 0 Å². The first-order valence-corrected chi connectivity index (χ1v) is 8.54. The third kappa shape index (κ3) is 8.49. The van der Waals surface area contributed by atoms with Gasteiger partial charge in [-0.1, -0.05) is 11.6 Å². The first kappa shape index (κ1) is 20.7. The van der Waals surface area contributed by atoms with Gasteiger partial charge in [-0.25, -0.2) is 9.59 Å². The Morgan fingerprint density at radius 3 is 2.42 bits per heavy atom. The Hall–Kier alpha value is -1.35. The number of hydrogen-bond donors (Lipinski definition) is 3. The van der Waals surface area contributed by atoms with Crippen molar-refractivity contribution in [3.63, 3.8) is 0 Å². The maximum Gasteiger partial charge on any atom is 0.414 e. The van der Waals surface area contributed by atoms with Gasteiger partial charge in [0, 0.05) is 37.7 Å². The third-order valence-corrected chi connectivity index (χ3v) is 4.02. The molecule has 0 aliphatic carbocycles. The highest BCUT2D eigenvalue weighted by atomic mass is 79.9. The largest absolute Gasteiger partial charge is 0.492 e. The summed E-state index contributed by atoms with van der Waals surface area (Å²) in [5, 5.41) is 18.9. The molecule has 0 amide bonds. The van der Waals surface area contributed by atoms with Crippen LogP contribution < -0.4 is 10.1 Å². The number of rotatable bonds is 5. The van der Waals surface area contributed by atoms with Crippen molar-refractivity contribution < 1.29 is 24.5 Å². The van der Waals surface area contributed by atoms with Gasteiger partial charge in [-0.15, -0.1) is 0 Å². The maximum atomic E-state index is 9.10. The molecule has 1 aromatic carbocycles. The standard InChI is InChI=1S/C13H18BrClN2O.C2H2O4/c14-12-10-11(15)2-3-13(12)18-9-1-6-17-7-4-16-5-8-17;3-1(4)2(5)6/h2-3,10,16H,1,4-9H2;(H,3,4)(H,5,6). The van der Waals surface area contributed by atoms with Crippen LogP contribution in [0.1, 0.15) is 6.42 Å².